The molecule has 0 N–H and O–H groups in total. The normalized spacial score (nSPS) is 11.0. The standard InChI is InChI=1S/C22H23N5OS2/c1-3-12-27-21(17-8-10-23-11-9-17)25-26-22(27)30-15-18-14-29-20(24-18)13-28-19-6-4-16(2)5-7-19/h4-11,14H,3,12-13,15H2,1-2H3. The van der Waals surface area contributed by atoms with Crippen LogP contribution in [0.5, 0.6) is 5.75 Å². The van der Waals surface area contributed by atoms with Gasteiger partial charge in [-0.15, -0.1) is 21.5 Å². The molecule has 0 spiro atoms. The highest BCUT2D eigenvalue weighted by molar-refractivity contribution is 7.98. The van der Waals surface area contributed by atoms with Crippen molar-refractivity contribution in [2.45, 2.75) is 44.3 Å². The lowest BCUT2D eigenvalue weighted by Crippen LogP contribution is -2.02. The number of thioether (sulfide) groups is 1. The molecular formula is C22H23N5OS2. The molecule has 0 fully saturated rings. The summed E-state index contributed by atoms with van der Waals surface area (Å²) in [6.45, 7) is 5.58. The number of ether oxygens (including phenoxy) is 1. The first-order valence-corrected chi connectivity index (χ1v) is 11.7. The highest BCUT2D eigenvalue weighted by Gasteiger charge is 2.14. The fourth-order valence-corrected chi connectivity index (χ4v) is 4.60. The summed E-state index contributed by atoms with van der Waals surface area (Å²) >= 11 is 3.29. The second kappa shape index (κ2) is 9.86. The van der Waals surface area contributed by atoms with Gasteiger partial charge in [-0.25, -0.2) is 4.98 Å². The molecule has 30 heavy (non-hydrogen) atoms. The van der Waals surface area contributed by atoms with Crippen LogP contribution in [0.4, 0.5) is 0 Å². The number of hydrogen-bond donors (Lipinski definition) is 0. The van der Waals surface area contributed by atoms with Gasteiger partial charge >= 0.3 is 0 Å². The summed E-state index contributed by atoms with van der Waals surface area (Å²) in [6, 6.07) is 12.0. The van der Waals surface area contributed by atoms with Crippen LogP contribution in [-0.4, -0.2) is 24.7 Å². The smallest absolute Gasteiger partial charge is 0.191 e. The van der Waals surface area contributed by atoms with Crippen molar-refractivity contribution in [3.05, 3.63) is 70.4 Å². The van der Waals surface area contributed by atoms with Gasteiger partial charge in [0.25, 0.3) is 0 Å². The molecule has 154 valence electrons. The third-order valence-corrected chi connectivity index (χ3v) is 6.31. The maximum absolute atomic E-state index is 5.84. The Hall–Kier alpha value is -2.71. The molecule has 0 atom stereocenters. The monoisotopic (exact) mass is 437 g/mol. The van der Waals surface area contributed by atoms with E-state index in [0.717, 1.165) is 51.7 Å². The van der Waals surface area contributed by atoms with E-state index in [1.54, 1.807) is 35.5 Å². The number of rotatable bonds is 9. The van der Waals surface area contributed by atoms with Crippen molar-refractivity contribution in [3.63, 3.8) is 0 Å². The molecule has 0 aliphatic rings. The Morgan fingerprint density at radius 2 is 1.87 bits per heavy atom. The minimum absolute atomic E-state index is 0.483. The number of hydrogen-bond acceptors (Lipinski definition) is 7. The van der Waals surface area contributed by atoms with Crippen LogP contribution >= 0.6 is 23.1 Å². The van der Waals surface area contributed by atoms with Crippen LogP contribution in [0.1, 0.15) is 29.6 Å². The zero-order valence-electron chi connectivity index (χ0n) is 17.0. The van der Waals surface area contributed by atoms with E-state index >= 15 is 0 Å². The molecule has 8 heteroatoms. The lowest BCUT2D eigenvalue weighted by atomic mass is 10.2. The molecule has 1 aromatic carbocycles. The number of benzene rings is 1. The van der Waals surface area contributed by atoms with E-state index in [2.05, 4.69) is 39.0 Å². The predicted octanol–water partition coefficient (Wildman–Crippen LogP) is 5.39. The Balaban J connectivity index is 1.39. The number of aryl methyl sites for hydroxylation is 1. The number of pyridine rings is 1. The fourth-order valence-electron chi connectivity index (χ4n) is 2.93. The van der Waals surface area contributed by atoms with Crippen molar-refractivity contribution in [2.75, 3.05) is 0 Å². The average molecular weight is 438 g/mol. The summed E-state index contributed by atoms with van der Waals surface area (Å²) in [7, 11) is 0. The molecular weight excluding hydrogens is 414 g/mol. The molecule has 4 aromatic rings. The SMILES string of the molecule is CCCn1c(SCc2csc(COc3ccc(C)cc3)n2)nnc1-c1ccncc1. The molecule has 0 radical (unpaired) electrons. The second-order valence-corrected chi connectivity index (χ2v) is 8.70. The maximum atomic E-state index is 5.84. The van der Waals surface area contributed by atoms with Gasteiger partial charge in [-0.3, -0.25) is 4.98 Å². The summed E-state index contributed by atoms with van der Waals surface area (Å²) in [6.07, 6.45) is 4.58. The summed E-state index contributed by atoms with van der Waals surface area (Å²) in [5.41, 5.74) is 3.28. The Morgan fingerprint density at radius 3 is 2.63 bits per heavy atom. The van der Waals surface area contributed by atoms with Crippen LogP contribution in [0.15, 0.2) is 59.3 Å². The van der Waals surface area contributed by atoms with Crippen LogP contribution in [-0.2, 0) is 18.9 Å². The molecule has 0 aliphatic heterocycles. The largest absolute Gasteiger partial charge is 0.486 e. The lowest BCUT2D eigenvalue weighted by Gasteiger charge is -2.08. The second-order valence-electron chi connectivity index (χ2n) is 6.82. The van der Waals surface area contributed by atoms with Gasteiger partial charge in [-0.05, 0) is 37.6 Å². The van der Waals surface area contributed by atoms with Gasteiger partial charge in [-0.2, -0.15) is 0 Å². The third kappa shape index (κ3) is 5.06. The van der Waals surface area contributed by atoms with E-state index in [0.29, 0.717) is 6.61 Å². The predicted molar refractivity (Wildman–Crippen MR) is 121 cm³/mol. The van der Waals surface area contributed by atoms with Gasteiger partial charge < -0.3 is 9.30 Å². The quantitative estimate of drug-likeness (QED) is 0.327. The molecule has 3 aromatic heterocycles. The molecule has 6 nitrogen and oxygen atoms in total. The van der Waals surface area contributed by atoms with Gasteiger partial charge in [0.15, 0.2) is 11.0 Å². The molecule has 0 saturated carbocycles. The van der Waals surface area contributed by atoms with Gasteiger partial charge in [0.1, 0.15) is 17.4 Å². The highest BCUT2D eigenvalue weighted by Crippen LogP contribution is 2.27. The molecule has 4 rings (SSSR count). The van der Waals surface area contributed by atoms with Crippen molar-refractivity contribution in [1.82, 2.24) is 24.7 Å². The topological polar surface area (TPSA) is 65.7 Å². The Bertz CT molecular complexity index is 1080. The van der Waals surface area contributed by atoms with Gasteiger partial charge in [0, 0.05) is 35.6 Å². The van der Waals surface area contributed by atoms with Crippen LogP contribution in [0, 0.1) is 6.92 Å². The van der Waals surface area contributed by atoms with Crippen LogP contribution in [0.25, 0.3) is 11.4 Å². The van der Waals surface area contributed by atoms with Crippen molar-refractivity contribution in [2.24, 2.45) is 0 Å². The van der Waals surface area contributed by atoms with Gasteiger partial charge in [0.05, 0.1) is 5.69 Å². The summed E-state index contributed by atoms with van der Waals surface area (Å²) < 4.78 is 8.01. The van der Waals surface area contributed by atoms with E-state index in [1.165, 1.54) is 5.56 Å². The molecule has 3 heterocycles. The Kier molecular flexibility index (Phi) is 6.76. The first-order valence-electron chi connectivity index (χ1n) is 9.82. The maximum Gasteiger partial charge on any atom is 0.191 e. The average Bonchev–Trinajstić information content (AvgIpc) is 3.40. The minimum Gasteiger partial charge on any atom is -0.486 e. The Labute approximate surface area is 184 Å². The van der Waals surface area contributed by atoms with Gasteiger partial charge in [0.2, 0.25) is 0 Å². The Morgan fingerprint density at radius 1 is 1.07 bits per heavy atom. The van der Waals surface area contributed by atoms with E-state index in [1.807, 2.05) is 36.4 Å². The molecule has 0 bridgehead atoms. The first-order chi connectivity index (χ1) is 14.7. The van der Waals surface area contributed by atoms with Crippen molar-refractivity contribution < 1.29 is 4.74 Å². The number of nitrogens with zero attached hydrogens (tertiary/aromatic N) is 5. The molecule has 0 saturated heterocycles. The van der Waals surface area contributed by atoms with Crippen molar-refractivity contribution >= 4 is 23.1 Å². The van der Waals surface area contributed by atoms with E-state index in [4.69, 9.17) is 9.72 Å². The first kappa shape index (κ1) is 20.6. The molecule has 0 amide bonds. The van der Waals surface area contributed by atoms with Crippen LogP contribution in [0.3, 0.4) is 0 Å². The zero-order chi connectivity index (χ0) is 20.8. The van der Waals surface area contributed by atoms with E-state index in [9.17, 15) is 0 Å². The zero-order valence-corrected chi connectivity index (χ0v) is 18.6. The minimum atomic E-state index is 0.483. The van der Waals surface area contributed by atoms with Crippen molar-refractivity contribution in [1.29, 1.82) is 0 Å². The number of aromatic nitrogens is 5. The fraction of sp³-hybridized carbons (Fsp3) is 0.273. The third-order valence-electron chi connectivity index (χ3n) is 4.43. The van der Waals surface area contributed by atoms with Crippen LogP contribution < -0.4 is 4.74 Å². The molecule has 0 unspecified atom stereocenters. The molecule has 0 aliphatic carbocycles. The summed E-state index contributed by atoms with van der Waals surface area (Å²) in [4.78, 5) is 8.80. The highest BCUT2D eigenvalue weighted by atomic mass is 32.2. The number of thiazole rings is 1. The van der Waals surface area contributed by atoms with Crippen LogP contribution in [0.2, 0.25) is 0 Å². The summed E-state index contributed by atoms with van der Waals surface area (Å²) in [5, 5.41) is 12.8. The van der Waals surface area contributed by atoms with E-state index in [-0.39, 0.29) is 0 Å². The van der Waals surface area contributed by atoms with E-state index < -0.39 is 0 Å². The van der Waals surface area contributed by atoms with Crippen molar-refractivity contribution in [3.8, 4) is 17.1 Å². The van der Waals surface area contributed by atoms with Gasteiger partial charge in [-0.1, -0.05) is 36.4 Å². The lowest BCUT2D eigenvalue weighted by molar-refractivity contribution is 0.305. The summed E-state index contributed by atoms with van der Waals surface area (Å²) in [5.74, 6) is 2.49.